The van der Waals surface area contributed by atoms with Crippen LogP contribution in [-0.4, -0.2) is 42.6 Å². The zero-order valence-corrected chi connectivity index (χ0v) is 20.3. The minimum Gasteiger partial charge on any atom is -0.368 e. The van der Waals surface area contributed by atoms with Gasteiger partial charge in [0.1, 0.15) is 5.82 Å². The van der Waals surface area contributed by atoms with E-state index in [0.29, 0.717) is 29.5 Å². The first kappa shape index (κ1) is 22.9. The average molecular weight is 471 g/mol. The predicted molar refractivity (Wildman–Crippen MR) is 131 cm³/mol. The molecule has 8 heteroatoms. The van der Waals surface area contributed by atoms with Gasteiger partial charge in [0.05, 0.1) is 10.6 Å². The molecular formula is C24H30N4O2S2. The van der Waals surface area contributed by atoms with Crippen LogP contribution < -0.4 is 5.32 Å². The number of sulfonamides is 1. The van der Waals surface area contributed by atoms with Crippen molar-refractivity contribution in [3.05, 3.63) is 57.8 Å². The van der Waals surface area contributed by atoms with Crippen LogP contribution in [0.25, 0.3) is 11.3 Å². The zero-order valence-electron chi connectivity index (χ0n) is 18.7. The molecule has 4 rings (SSSR count). The number of aryl methyl sites for hydroxylation is 2. The molecular weight excluding hydrogens is 440 g/mol. The molecule has 0 unspecified atom stereocenters. The molecule has 0 spiro atoms. The Labute approximate surface area is 194 Å². The summed E-state index contributed by atoms with van der Waals surface area (Å²) in [5.41, 5.74) is 3.51. The minimum atomic E-state index is -3.52. The van der Waals surface area contributed by atoms with Gasteiger partial charge in [0.25, 0.3) is 0 Å². The van der Waals surface area contributed by atoms with Crippen molar-refractivity contribution in [3.8, 4) is 11.3 Å². The van der Waals surface area contributed by atoms with Gasteiger partial charge in [-0.3, -0.25) is 0 Å². The van der Waals surface area contributed by atoms with E-state index in [1.807, 2.05) is 31.2 Å². The highest BCUT2D eigenvalue weighted by Gasteiger charge is 2.27. The lowest BCUT2D eigenvalue weighted by Crippen LogP contribution is -2.32. The highest BCUT2D eigenvalue weighted by Crippen LogP contribution is 2.28. The number of nitrogens with one attached hydrogen (secondary N) is 1. The molecule has 1 aliphatic rings. The molecule has 0 aliphatic carbocycles. The van der Waals surface area contributed by atoms with Crippen LogP contribution in [0.2, 0.25) is 0 Å². The van der Waals surface area contributed by atoms with Crippen molar-refractivity contribution in [2.75, 3.05) is 25.0 Å². The molecule has 32 heavy (non-hydrogen) atoms. The number of nitrogens with zero attached hydrogens (tertiary/aromatic N) is 3. The van der Waals surface area contributed by atoms with Crippen LogP contribution in [0.4, 0.5) is 5.82 Å². The summed E-state index contributed by atoms with van der Waals surface area (Å²) in [4.78, 5) is 1.74. The molecule has 0 bridgehead atoms. The van der Waals surface area contributed by atoms with Gasteiger partial charge in [-0.25, -0.2) is 8.42 Å². The summed E-state index contributed by atoms with van der Waals surface area (Å²) in [5.74, 6) is 0.715. The minimum absolute atomic E-state index is 0.368. The quantitative estimate of drug-likeness (QED) is 0.523. The lowest BCUT2D eigenvalue weighted by atomic mass is 10.1. The molecule has 1 aliphatic heterocycles. The third kappa shape index (κ3) is 5.19. The van der Waals surface area contributed by atoms with E-state index in [1.54, 1.807) is 21.7 Å². The summed E-state index contributed by atoms with van der Waals surface area (Å²) in [7, 11) is -3.52. The lowest BCUT2D eigenvalue weighted by molar-refractivity contribution is 0.423. The molecule has 0 amide bonds. The fourth-order valence-electron chi connectivity index (χ4n) is 4.00. The number of rotatable bonds is 7. The summed E-state index contributed by atoms with van der Waals surface area (Å²) in [5, 5.41) is 14.1. The Morgan fingerprint density at radius 2 is 1.75 bits per heavy atom. The van der Waals surface area contributed by atoms with Crippen molar-refractivity contribution in [1.82, 2.24) is 14.5 Å². The molecule has 0 atom stereocenters. The van der Waals surface area contributed by atoms with Crippen LogP contribution in [0.3, 0.4) is 0 Å². The smallest absolute Gasteiger partial charge is 0.243 e. The number of benzene rings is 1. The van der Waals surface area contributed by atoms with Gasteiger partial charge >= 0.3 is 0 Å². The second kappa shape index (κ2) is 10.1. The lowest BCUT2D eigenvalue weighted by Gasteiger charge is -2.21. The maximum absolute atomic E-state index is 13.3. The zero-order chi connectivity index (χ0) is 22.6. The Morgan fingerprint density at radius 3 is 2.41 bits per heavy atom. The van der Waals surface area contributed by atoms with E-state index in [4.69, 9.17) is 0 Å². The summed E-state index contributed by atoms with van der Waals surface area (Å²) < 4.78 is 28.3. The largest absolute Gasteiger partial charge is 0.368 e. The number of thiophene rings is 1. The first-order valence-electron chi connectivity index (χ1n) is 11.2. The molecule has 6 nitrogen and oxygen atoms in total. The normalized spacial score (nSPS) is 15.4. The van der Waals surface area contributed by atoms with Crippen LogP contribution in [0.5, 0.6) is 0 Å². The van der Waals surface area contributed by atoms with Crippen LogP contribution in [0.15, 0.2) is 46.7 Å². The van der Waals surface area contributed by atoms with E-state index >= 15 is 0 Å². The van der Waals surface area contributed by atoms with E-state index in [0.717, 1.165) is 49.8 Å². The number of hydrogen-bond donors (Lipinski definition) is 1. The maximum atomic E-state index is 13.3. The third-order valence-electron chi connectivity index (χ3n) is 5.96. The summed E-state index contributed by atoms with van der Waals surface area (Å²) >= 11 is 1.77. The Kier molecular flexibility index (Phi) is 7.23. The first-order chi connectivity index (χ1) is 15.4. The molecule has 1 aromatic carbocycles. The number of anilines is 1. The molecule has 1 fully saturated rings. The highest BCUT2D eigenvalue weighted by molar-refractivity contribution is 7.89. The first-order valence-corrected chi connectivity index (χ1v) is 13.5. The molecule has 0 saturated carbocycles. The van der Waals surface area contributed by atoms with Crippen molar-refractivity contribution in [2.45, 2.75) is 50.8 Å². The van der Waals surface area contributed by atoms with Gasteiger partial charge in [-0.2, -0.15) is 4.31 Å². The summed E-state index contributed by atoms with van der Waals surface area (Å²) in [6.45, 7) is 5.96. The predicted octanol–water partition coefficient (Wildman–Crippen LogP) is 5.04. The van der Waals surface area contributed by atoms with Crippen LogP contribution in [0, 0.1) is 13.8 Å². The molecule has 2 aromatic heterocycles. The van der Waals surface area contributed by atoms with Crippen molar-refractivity contribution in [1.29, 1.82) is 0 Å². The van der Waals surface area contributed by atoms with E-state index in [-0.39, 0.29) is 0 Å². The van der Waals surface area contributed by atoms with Crippen LogP contribution in [-0.2, 0) is 16.4 Å². The third-order valence-corrected chi connectivity index (χ3v) is 9.08. The molecule has 1 saturated heterocycles. The second-order valence-electron chi connectivity index (χ2n) is 8.31. The molecule has 1 N–H and O–H groups in total. The van der Waals surface area contributed by atoms with Gasteiger partial charge < -0.3 is 5.32 Å². The van der Waals surface area contributed by atoms with Gasteiger partial charge in [0.2, 0.25) is 10.0 Å². The second-order valence-corrected chi connectivity index (χ2v) is 11.2. The molecule has 3 heterocycles. The topological polar surface area (TPSA) is 75.2 Å². The van der Waals surface area contributed by atoms with Gasteiger partial charge in [0.15, 0.2) is 0 Å². The van der Waals surface area contributed by atoms with Gasteiger partial charge in [0, 0.05) is 30.1 Å². The van der Waals surface area contributed by atoms with E-state index < -0.39 is 10.0 Å². The van der Waals surface area contributed by atoms with E-state index in [9.17, 15) is 8.42 Å². The molecule has 3 aromatic rings. The Balaban J connectivity index is 1.48. The number of aromatic nitrogens is 2. The Morgan fingerprint density at radius 1 is 0.969 bits per heavy atom. The standard InChI is InChI=1S/C24H30N4O2S2/c1-18-12-16-31-22(18)11-13-25-24-10-9-21(26-27-24)20-8-7-19(2)23(17-20)32(29,30)28-14-5-3-4-6-15-28/h7-10,12,16-17H,3-6,11,13-15H2,1-2H3,(H,25,27). The fourth-order valence-corrected chi connectivity index (χ4v) is 6.68. The Hall–Kier alpha value is -2.29. The van der Waals surface area contributed by atoms with Crippen molar-refractivity contribution in [3.63, 3.8) is 0 Å². The van der Waals surface area contributed by atoms with Crippen molar-refractivity contribution >= 4 is 27.2 Å². The van der Waals surface area contributed by atoms with E-state index in [1.165, 1.54) is 10.4 Å². The fraction of sp³-hybridized carbons (Fsp3) is 0.417. The summed E-state index contributed by atoms with van der Waals surface area (Å²) in [6.07, 6.45) is 4.97. The monoisotopic (exact) mass is 470 g/mol. The SMILES string of the molecule is Cc1ccc(-c2ccc(NCCc3sccc3C)nn2)cc1S(=O)(=O)N1CCCCCC1. The molecule has 170 valence electrons. The Bertz CT molecular complexity index is 1150. The van der Waals surface area contributed by atoms with Gasteiger partial charge in [-0.15, -0.1) is 21.5 Å². The average Bonchev–Trinajstić information content (AvgIpc) is 3.02. The number of hydrogen-bond acceptors (Lipinski definition) is 6. The maximum Gasteiger partial charge on any atom is 0.243 e. The highest BCUT2D eigenvalue weighted by atomic mass is 32.2. The van der Waals surface area contributed by atoms with Crippen molar-refractivity contribution in [2.24, 2.45) is 0 Å². The van der Waals surface area contributed by atoms with Crippen molar-refractivity contribution < 1.29 is 8.42 Å². The van der Waals surface area contributed by atoms with Gasteiger partial charge in [-0.1, -0.05) is 25.0 Å². The summed E-state index contributed by atoms with van der Waals surface area (Å²) in [6, 6.07) is 11.4. The van der Waals surface area contributed by atoms with E-state index in [2.05, 4.69) is 33.9 Å². The van der Waals surface area contributed by atoms with Crippen LogP contribution in [0.1, 0.15) is 41.7 Å². The van der Waals surface area contributed by atoms with Crippen LogP contribution >= 0.6 is 11.3 Å². The molecule has 0 radical (unpaired) electrons. The van der Waals surface area contributed by atoms with Gasteiger partial charge in [-0.05, 0) is 73.9 Å².